The quantitative estimate of drug-likeness (QED) is 0.174. The molecule has 8 heteroatoms. The van der Waals surface area contributed by atoms with Gasteiger partial charge in [0.05, 0.1) is 23.4 Å². The number of nitrogens with zero attached hydrogens (tertiary/aromatic N) is 2. The number of benzene rings is 4. The van der Waals surface area contributed by atoms with Crippen LogP contribution >= 0.6 is 11.6 Å². The summed E-state index contributed by atoms with van der Waals surface area (Å²) in [5, 5.41) is 0.507. The molecule has 7 nitrogen and oxygen atoms in total. The van der Waals surface area contributed by atoms with Gasteiger partial charge in [-0.15, -0.1) is 0 Å². The zero-order chi connectivity index (χ0) is 29.4. The maximum atomic E-state index is 14.0. The van der Waals surface area contributed by atoms with Crippen molar-refractivity contribution in [1.29, 1.82) is 0 Å². The fraction of sp³-hybridized carbons (Fsp3) is 0.200. The van der Waals surface area contributed by atoms with Crippen LogP contribution in [0.4, 0.5) is 11.4 Å². The summed E-state index contributed by atoms with van der Waals surface area (Å²) in [5.74, 6) is -2.75. The first kappa shape index (κ1) is 25.9. The van der Waals surface area contributed by atoms with Crippen LogP contribution in [0.5, 0.6) is 5.75 Å². The first-order valence-corrected chi connectivity index (χ1v) is 14.7. The van der Waals surface area contributed by atoms with E-state index in [1.165, 1.54) is 9.80 Å². The Balaban J connectivity index is 1.02. The molecular weight excluding hydrogens is 564 g/mol. The second kappa shape index (κ2) is 9.64. The van der Waals surface area contributed by atoms with E-state index in [1.807, 2.05) is 24.3 Å². The van der Waals surface area contributed by atoms with Gasteiger partial charge in [0.25, 0.3) is 0 Å². The van der Waals surface area contributed by atoms with Crippen LogP contribution in [-0.2, 0) is 19.2 Å². The Hall–Kier alpha value is -4.75. The Bertz CT molecular complexity index is 1740. The van der Waals surface area contributed by atoms with Gasteiger partial charge in [-0.3, -0.25) is 19.2 Å². The van der Waals surface area contributed by atoms with Crippen molar-refractivity contribution in [3.05, 3.63) is 124 Å². The fourth-order valence-corrected chi connectivity index (χ4v) is 7.74. The molecule has 3 atom stereocenters. The number of hydrogen-bond acceptors (Lipinski definition) is 5. The average Bonchev–Trinajstić information content (AvgIpc) is 3.54. The normalized spacial score (nSPS) is 25.0. The molecule has 0 spiro atoms. The molecule has 4 aromatic rings. The molecule has 0 saturated carbocycles. The first-order chi connectivity index (χ1) is 20.9. The number of ether oxygens (including phenoxy) is 1. The van der Waals surface area contributed by atoms with Gasteiger partial charge in [0, 0.05) is 35.5 Å². The van der Waals surface area contributed by atoms with Crippen LogP contribution in [0.2, 0.25) is 5.02 Å². The molecule has 2 aliphatic heterocycles. The van der Waals surface area contributed by atoms with E-state index in [9.17, 15) is 19.2 Å². The second-order valence-corrected chi connectivity index (χ2v) is 12.0. The van der Waals surface area contributed by atoms with Crippen LogP contribution < -0.4 is 14.5 Å². The topological polar surface area (TPSA) is 84.0 Å². The van der Waals surface area contributed by atoms with Gasteiger partial charge in [-0.1, -0.05) is 66.2 Å². The van der Waals surface area contributed by atoms with Crippen LogP contribution in [0.25, 0.3) is 0 Å². The first-order valence-electron chi connectivity index (χ1n) is 14.3. The molecule has 2 fully saturated rings. The highest BCUT2D eigenvalue weighted by molar-refractivity contribution is 6.31. The van der Waals surface area contributed by atoms with E-state index in [4.69, 9.17) is 16.3 Å². The Morgan fingerprint density at radius 3 is 1.79 bits per heavy atom. The van der Waals surface area contributed by atoms with Crippen molar-refractivity contribution in [2.24, 2.45) is 17.8 Å². The standard InChI is InChI=1S/C35H25ClN2O5/c36-20-6-5-7-22(17-20)37-18-19(16-28(37)39)35(42)43-23-14-12-21(13-15-23)38-33(40)31-29-24-8-1-2-9-25(24)30(32(31)34(38)41)27-11-4-3-10-26(27)29/h1-15,17,19,29-32H,16,18H2/t19-,29?,30?,31+,32+/m0/s1. The second-order valence-electron chi connectivity index (χ2n) is 11.6. The van der Waals surface area contributed by atoms with Crippen molar-refractivity contribution < 1.29 is 23.9 Å². The largest absolute Gasteiger partial charge is 0.426 e. The van der Waals surface area contributed by atoms with Crippen molar-refractivity contribution in [2.45, 2.75) is 18.3 Å². The summed E-state index contributed by atoms with van der Waals surface area (Å²) in [6, 6.07) is 29.7. The number of hydrogen-bond donors (Lipinski definition) is 0. The van der Waals surface area contributed by atoms with Crippen molar-refractivity contribution in [1.82, 2.24) is 0 Å². The number of amides is 3. The lowest BCUT2D eigenvalue weighted by molar-refractivity contribution is -0.139. The Kier molecular flexibility index (Phi) is 5.81. The molecule has 4 aromatic carbocycles. The molecular formula is C35H25ClN2O5. The molecule has 0 N–H and O–H groups in total. The molecule has 2 bridgehead atoms. The summed E-state index contributed by atoms with van der Waals surface area (Å²) in [5.41, 5.74) is 5.57. The third-order valence-electron chi connectivity index (χ3n) is 9.34. The molecule has 3 amide bonds. The predicted molar refractivity (Wildman–Crippen MR) is 160 cm³/mol. The average molecular weight is 589 g/mol. The zero-order valence-corrected chi connectivity index (χ0v) is 23.6. The summed E-state index contributed by atoms with van der Waals surface area (Å²) in [4.78, 5) is 56.4. The molecule has 9 rings (SSSR count). The highest BCUT2D eigenvalue weighted by Crippen LogP contribution is 2.61. The lowest BCUT2D eigenvalue weighted by Gasteiger charge is -2.45. The minimum atomic E-state index is -0.630. The fourth-order valence-electron chi connectivity index (χ4n) is 7.55. The van der Waals surface area contributed by atoms with Crippen molar-refractivity contribution in [3.8, 4) is 5.75 Å². The van der Waals surface area contributed by atoms with Gasteiger partial charge in [0.1, 0.15) is 5.75 Å². The molecule has 3 aliphatic carbocycles. The zero-order valence-electron chi connectivity index (χ0n) is 22.9. The monoisotopic (exact) mass is 588 g/mol. The van der Waals surface area contributed by atoms with Gasteiger partial charge < -0.3 is 9.64 Å². The van der Waals surface area contributed by atoms with Crippen LogP contribution in [0.1, 0.15) is 40.5 Å². The Morgan fingerprint density at radius 1 is 0.698 bits per heavy atom. The van der Waals surface area contributed by atoms with E-state index in [1.54, 1.807) is 48.5 Å². The maximum Gasteiger partial charge on any atom is 0.316 e. The van der Waals surface area contributed by atoms with E-state index >= 15 is 0 Å². The van der Waals surface area contributed by atoms with Crippen LogP contribution in [0, 0.1) is 17.8 Å². The van der Waals surface area contributed by atoms with Gasteiger partial charge >= 0.3 is 5.97 Å². The third-order valence-corrected chi connectivity index (χ3v) is 9.58. The number of halogens is 1. The van der Waals surface area contributed by atoms with Crippen molar-refractivity contribution >= 4 is 46.7 Å². The van der Waals surface area contributed by atoms with Crippen LogP contribution in [0.15, 0.2) is 97.1 Å². The number of esters is 1. The van der Waals surface area contributed by atoms with Gasteiger partial charge in [-0.25, -0.2) is 4.90 Å². The molecule has 43 heavy (non-hydrogen) atoms. The van der Waals surface area contributed by atoms with E-state index < -0.39 is 23.7 Å². The minimum Gasteiger partial charge on any atom is -0.426 e. The van der Waals surface area contributed by atoms with Gasteiger partial charge in [0.2, 0.25) is 17.7 Å². The summed E-state index contributed by atoms with van der Waals surface area (Å²) >= 11 is 6.08. The molecule has 0 radical (unpaired) electrons. The molecule has 5 aliphatic rings. The highest BCUT2D eigenvalue weighted by Gasteiger charge is 2.61. The van der Waals surface area contributed by atoms with Gasteiger partial charge in [-0.2, -0.15) is 0 Å². The van der Waals surface area contributed by atoms with Gasteiger partial charge in [0.15, 0.2) is 0 Å². The summed E-state index contributed by atoms with van der Waals surface area (Å²) in [6.07, 6.45) is 0.0378. The number of carbonyl (C=O) groups excluding carboxylic acids is 4. The van der Waals surface area contributed by atoms with Gasteiger partial charge in [-0.05, 0) is 64.7 Å². The van der Waals surface area contributed by atoms with Crippen molar-refractivity contribution in [2.75, 3.05) is 16.3 Å². The Morgan fingerprint density at radius 2 is 1.26 bits per heavy atom. The molecule has 0 aromatic heterocycles. The predicted octanol–water partition coefficient (Wildman–Crippen LogP) is 5.70. The highest BCUT2D eigenvalue weighted by atomic mass is 35.5. The number of rotatable bonds is 4. The van der Waals surface area contributed by atoms with Crippen LogP contribution in [0.3, 0.4) is 0 Å². The minimum absolute atomic E-state index is 0.0378. The van der Waals surface area contributed by atoms with Crippen LogP contribution in [-0.4, -0.2) is 30.2 Å². The molecule has 2 heterocycles. The van der Waals surface area contributed by atoms with E-state index in [0.717, 1.165) is 22.3 Å². The Labute approximate surface area is 252 Å². The number of imide groups is 1. The summed E-state index contributed by atoms with van der Waals surface area (Å²) in [6.45, 7) is 0.197. The molecule has 0 unspecified atom stereocenters. The lowest BCUT2D eigenvalue weighted by atomic mass is 9.55. The smallest absolute Gasteiger partial charge is 0.316 e. The lowest BCUT2D eigenvalue weighted by Crippen LogP contribution is -2.41. The SMILES string of the molecule is O=C(Oc1ccc(N2C(=O)[C@@H]3C4c5ccccc5C(c5ccccc54)[C@H]3C2=O)cc1)[C@H]1CC(=O)N(c2cccc(Cl)c2)C1. The number of carbonyl (C=O) groups is 4. The van der Waals surface area contributed by atoms with E-state index in [0.29, 0.717) is 16.4 Å². The molecule has 212 valence electrons. The maximum absolute atomic E-state index is 14.0. The van der Waals surface area contributed by atoms with E-state index in [2.05, 4.69) is 24.3 Å². The third kappa shape index (κ3) is 3.88. The molecule has 2 saturated heterocycles. The summed E-state index contributed by atoms with van der Waals surface area (Å²) in [7, 11) is 0. The number of anilines is 2. The van der Waals surface area contributed by atoms with E-state index in [-0.39, 0.29) is 48.3 Å². The summed E-state index contributed by atoms with van der Waals surface area (Å²) < 4.78 is 5.62. The van der Waals surface area contributed by atoms with Crippen molar-refractivity contribution in [3.63, 3.8) is 0 Å².